The third kappa shape index (κ3) is 3.37. The number of amides is 3. The molecule has 0 spiro atoms. The number of nitrogens with one attached hydrogen (secondary N) is 2. The third-order valence-electron chi connectivity index (χ3n) is 2.59. The molecule has 1 atom stereocenters. The molecule has 1 heterocycles. The van der Waals surface area contributed by atoms with E-state index in [0.29, 0.717) is 19.6 Å². The molecule has 3 amide bonds. The normalized spacial score (nSPS) is 17.2. The summed E-state index contributed by atoms with van der Waals surface area (Å²) in [6, 6.07) is -0.228. The van der Waals surface area contributed by atoms with E-state index in [1.165, 1.54) is 0 Å². The standard InChI is InChI=1S/C10H20N4O2/c1-8(9(15)13(2)3)11-4-6-14-7-5-12-10(14)16/h8,11H,4-7H2,1-3H3,(H,12,16). The maximum Gasteiger partial charge on any atom is 0.317 e. The Labute approximate surface area is 96.0 Å². The first-order valence-corrected chi connectivity index (χ1v) is 5.49. The molecule has 92 valence electrons. The average molecular weight is 228 g/mol. The van der Waals surface area contributed by atoms with Gasteiger partial charge in [-0.25, -0.2) is 4.79 Å². The number of likely N-dealkylation sites (N-methyl/N-ethyl adjacent to an activating group) is 1. The predicted molar refractivity (Wildman–Crippen MR) is 61.1 cm³/mol. The lowest BCUT2D eigenvalue weighted by atomic mass is 10.3. The van der Waals surface area contributed by atoms with Crippen LogP contribution in [-0.2, 0) is 4.79 Å². The van der Waals surface area contributed by atoms with Gasteiger partial charge in [-0.3, -0.25) is 4.79 Å². The highest BCUT2D eigenvalue weighted by Crippen LogP contribution is 1.95. The lowest BCUT2D eigenvalue weighted by Gasteiger charge is -2.20. The summed E-state index contributed by atoms with van der Waals surface area (Å²) in [4.78, 5) is 26.0. The zero-order chi connectivity index (χ0) is 12.1. The van der Waals surface area contributed by atoms with Crippen LogP contribution in [0, 0.1) is 0 Å². The number of nitrogens with zero attached hydrogens (tertiary/aromatic N) is 2. The molecule has 0 saturated carbocycles. The molecule has 2 N–H and O–H groups in total. The van der Waals surface area contributed by atoms with E-state index in [0.717, 1.165) is 6.54 Å². The summed E-state index contributed by atoms with van der Waals surface area (Å²) in [6.07, 6.45) is 0. The molecule has 1 aliphatic heterocycles. The lowest BCUT2D eigenvalue weighted by molar-refractivity contribution is -0.130. The Bertz CT molecular complexity index is 268. The maximum atomic E-state index is 11.5. The fraction of sp³-hybridized carbons (Fsp3) is 0.800. The Morgan fingerprint density at radius 1 is 1.62 bits per heavy atom. The fourth-order valence-electron chi connectivity index (χ4n) is 1.62. The number of rotatable bonds is 5. The van der Waals surface area contributed by atoms with Crippen molar-refractivity contribution in [2.45, 2.75) is 13.0 Å². The molecule has 1 aliphatic rings. The van der Waals surface area contributed by atoms with Crippen LogP contribution in [0.2, 0.25) is 0 Å². The van der Waals surface area contributed by atoms with Crippen LogP contribution in [0.15, 0.2) is 0 Å². The van der Waals surface area contributed by atoms with E-state index in [1.807, 2.05) is 6.92 Å². The molecule has 6 nitrogen and oxygen atoms in total. The van der Waals surface area contributed by atoms with Crippen molar-refractivity contribution in [2.24, 2.45) is 0 Å². The Kier molecular flexibility index (Phi) is 4.54. The van der Waals surface area contributed by atoms with Crippen molar-refractivity contribution in [2.75, 3.05) is 40.3 Å². The van der Waals surface area contributed by atoms with Crippen LogP contribution < -0.4 is 10.6 Å². The molecule has 0 aromatic heterocycles. The number of urea groups is 1. The van der Waals surface area contributed by atoms with E-state index in [-0.39, 0.29) is 18.0 Å². The summed E-state index contributed by atoms with van der Waals surface area (Å²) in [7, 11) is 3.46. The quantitative estimate of drug-likeness (QED) is 0.639. The van der Waals surface area contributed by atoms with Gasteiger partial charge in [-0.05, 0) is 6.92 Å². The highest BCUT2D eigenvalue weighted by molar-refractivity contribution is 5.80. The smallest absolute Gasteiger partial charge is 0.317 e. The largest absolute Gasteiger partial charge is 0.347 e. The minimum absolute atomic E-state index is 0.0200. The zero-order valence-corrected chi connectivity index (χ0v) is 10.1. The fourth-order valence-corrected chi connectivity index (χ4v) is 1.62. The van der Waals surface area contributed by atoms with Crippen LogP contribution in [0.5, 0.6) is 0 Å². The summed E-state index contributed by atoms with van der Waals surface area (Å²) < 4.78 is 0. The van der Waals surface area contributed by atoms with E-state index in [1.54, 1.807) is 23.9 Å². The van der Waals surface area contributed by atoms with Gasteiger partial charge in [0.05, 0.1) is 6.04 Å². The first-order chi connectivity index (χ1) is 7.52. The van der Waals surface area contributed by atoms with E-state index >= 15 is 0 Å². The van der Waals surface area contributed by atoms with Gasteiger partial charge >= 0.3 is 6.03 Å². The first-order valence-electron chi connectivity index (χ1n) is 5.49. The minimum Gasteiger partial charge on any atom is -0.347 e. The Balaban J connectivity index is 2.20. The summed E-state index contributed by atoms with van der Waals surface area (Å²) in [5.41, 5.74) is 0. The Morgan fingerprint density at radius 3 is 2.81 bits per heavy atom. The van der Waals surface area contributed by atoms with E-state index in [4.69, 9.17) is 0 Å². The lowest BCUT2D eigenvalue weighted by Crippen LogP contribution is -2.44. The molecule has 0 aliphatic carbocycles. The van der Waals surface area contributed by atoms with Gasteiger partial charge < -0.3 is 20.4 Å². The van der Waals surface area contributed by atoms with Crippen molar-refractivity contribution in [3.05, 3.63) is 0 Å². The highest BCUT2D eigenvalue weighted by Gasteiger charge is 2.19. The predicted octanol–water partition coefficient (Wildman–Crippen LogP) is -0.922. The topological polar surface area (TPSA) is 64.7 Å². The van der Waals surface area contributed by atoms with Gasteiger partial charge in [0, 0.05) is 40.3 Å². The van der Waals surface area contributed by atoms with Crippen molar-refractivity contribution < 1.29 is 9.59 Å². The Morgan fingerprint density at radius 2 is 2.31 bits per heavy atom. The van der Waals surface area contributed by atoms with Crippen LogP contribution in [0.1, 0.15) is 6.92 Å². The molecule has 1 fully saturated rings. The molecule has 16 heavy (non-hydrogen) atoms. The van der Waals surface area contributed by atoms with Crippen LogP contribution >= 0.6 is 0 Å². The summed E-state index contributed by atoms with van der Waals surface area (Å²) in [5, 5.41) is 5.83. The number of carbonyl (C=O) groups is 2. The number of hydrogen-bond acceptors (Lipinski definition) is 3. The zero-order valence-electron chi connectivity index (χ0n) is 10.1. The van der Waals surface area contributed by atoms with Crippen LogP contribution in [0.3, 0.4) is 0 Å². The molecule has 1 saturated heterocycles. The highest BCUT2D eigenvalue weighted by atomic mass is 16.2. The number of hydrogen-bond donors (Lipinski definition) is 2. The van der Waals surface area contributed by atoms with E-state index in [9.17, 15) is 9.59 Å². The van der Waals surface area contributed by atoms with E-state index in [2.05, 4.69) is 10.6 Å². The summed E-state index contributed by atoms with van der Waals surface area (Å²) in [5.74, 6) is 0.0471. The molecule has 6 heteroatoms. The van der Waals surface area contributed by atoms with Crippen molar-refractivity contribution in [3.8, 4) is 0 Å². The van der Waals surface area contributed by atoms with Gasteiger partial charge in [-0.1, -0.05) is 0 Å². The SMILES string of the molecule is CC(NCCN1CCNC1=O)C(=O)N(C)C. The van der Waals surface area contributed by atoms with Gasteiger partial charge in [0.1, 0.15) is 0 Å². The Hall–Kier alpha value is -1.30. The van der Waals surface area contributed by atoms with Crippen LogP contribution in [0.4, 0.5) is 4.79 Å². The van der Waals surface area contributed by atoms with Gasteiger partial charge in [-0.2, -0.15) is 0 Å². The van der Waals surface area contributed by atoms with Crippen LogP contribution in [0.25, 0.3) is 0 Å². The molecule has 0 radical (unpaired) electrons. The van der Waals surface area contributed by atoms with Crippen molar-refractivity contribution in [1.29, 1.82) is 0 Å². The van der Waals surface area contributed by atoms with Gasteiger partial charge in [0.15, 0.2) is 0 Å². The second-order valence-electron chi connectivity index (χ2n) is 4.13. The van der Waals surface area contributed by atoms with Crippen molar-refractivity contribution in [1.82, 2.24) is 20.4 Å². The summed E-state index contributed by atoms with van der Waals surface area (Å²) in [6.45, 7) is 4.55. The molecule has 1 unspecified atom stereocenters. The van der Waals surface area contributed by atoms with E-state index < -0.39 is 0 Å². The van der Waals surface area contributed by atoms with Crippen molar-refractivity contribution in [3.63, 3.8) is 0 Å². The first kappa shape index (κ1) is 12.8. The molecule has 0 aromatic carbocycles. The second kappa shape index (κ2) is 5.69. The summed E-state index contributed by atoms with van der Waals surface area (Å²) >= 11 is 0. The van der Waals surface area contributed by atoms with Crippen molar-refractivity contribution >= 4 is 11.9 Å². The molecular formula is C10H20N4O2. The number of carbonyl (C=O) groups excluding carboxylic acids is 2. The maximum absolute atomic E-state index is 11.5. The average Bonchev–Trinajstić information content (AvgIpc) is 2.63. The molecule has 0 bridgehead atoms. The van der Waals surface area contributed by atoms with Gasteiger partial charge in [-0.15, -0.1) is 0 Å². The minimum atomic E-state index is -0.208. The second-order valence-corrected chi connectivity index (χ2v) is 4.13. The van der Waals surface area contributed by atoms with Gasteiger partial charge in [0.2, 0.25) is 5.91 Å². The van der Waals surface area contributed by atoms with Gasteiger partial charge in [0.25, 0.3) is 0 Å². The molecule has 1 rings (SSSR count). The monoisotopic (exact) mass is 228 g/mol. The third-order valence-corrected chi connectivity index (χ3v) is 2.59. The molecular weight excluding hydrogens is 208 g/mol. The van der Waals surface area contributed by atoms with Crippen LogP contribution in [-0.4, -0.2) is 68.1 Å². The molecule has 0 aromatic rings.